The van der Waals surface area contributed by atoms with Crippen LogP contribution in [0.1, 0.15) is 44.4 Å². The fraction of sp³-hybridized carbons (Fsp3) is 0.381. The van der Waals surface area contributed by atoms with Crippen LogP contribution in [0.4, 0.5) is 0 Å². The Morgan fingerprint density at radius 3 is 2.12 bits per heavy atom. The van der Waals surface area contributed by atoms with E-state index in [9.17, 15) is 4.79 Å². The Hall–Kier alpha value is -2.49. The van der Waals surface area contributed by atoms with Gasteiger partial charge in [0.05, 0.1) is 13.2 Å². The zero-order valence-electron chi connectivity index (χ0n) is 15.4. The van der Waals surface area contributed by atoms with Gasteiger partial charge in [-0.1, -0.05) is 38.1 Å². The Labute approximate surface area is 150 Å². The molecule has 134 valence electrons. The van der Waals surface area contributed by atoms with Crippen LogP contribution in [0.25, 0.3) is 0 Å². The number of amides is 1. The summed E-state index contributed by atoms with van der Waals surface area (Å²) in [6.07, 6.45) is 1.08. The maximum Gasteiger partial charge on any atom is 0.261 e. The Morgan fingerprint density at radius 1 is 1.00 bits per heavy atom. The lowest BCUT2D eigenvalue weighted by atomic mass is 10.0. The van der Waals surface area contributed by atoms with Crippen molar-refractivity contribution in [3.63, 3.8) is 0 Å². The van der Waals surface area contributed by atoms with Gasteiger partial charge in [-0.3, -0.25) is 4.79 Å². The van der Waals surface area contributed by atoms with Gasteiger partial charge in [-0.15, -0.1) is 0 Å². The molecule has 1 amide bonds. The van der Waals surface area contributed by atoms with E-state index in [0.717, 1.165) is 17.7 Å². The topological polar surface area (TPSA) is 47.6 Å². The number of hydrogen-bond donors (Lipinski definition) is 1. The monoisotopic (exact) mass is 341 g/mol. The molecule has 25 heavy (non-hydrogen) atoms. The van der Waals surface area contributed by atoms with Crippen LogP contribution in [0.5, 0.6) is 11.5 Å². The number of hydrogen-bond acceptors (Lipinski definition) is 3. The van der Waals surface area contributed by atoms with Crippen molar-refractivity contribution >= 4 is 5.91 Å². The van der Waals surface area contributed by atoms with Crippen LogP contribution in [-0.2, 0) is 11.2 Å². The zero-order chi connectivity index (χ0) is 18.2. The average Bonchev–Trinajstić information content (AvgIpc) is 2.66. The smallest absolute Gasteiger partial charge is 0.261 e. The highest BCUT2D eigenvalue weighted by Crippen LogP contribution is 2.20. The van der Waals surface area contributed by atoms with E-state index < -0.39 is 6.10 Å². The van der Waals surface area contributed by atoms with Gasteiger partial charge >= 0.3 is 0 Å². The average molecular weight is 341 g/mol. The first kappa shape index (κ1) is 18.8. The number of methoxy groups -OCH3 is 1. The SMILES string of the molecule is CCc1ccc([C@@H](C)NC(=O)[C@H](CC)Oc2ccc(OC)cc2)cc1. The van der Waals surface area contributed by atoms with Crippen LogP contribution in [-0.4, -0.2) is 19.1 Å². The van der Waals surface area contributed by atoms with Crippen LogP contribution >= 0.6 is 0 Å². The summed E-state index contributed by atoms with van der Waals surface area (Å²) >= 11 is 0. The number of carbonyl (C=O) groups is 1. The first-order chi connectivity index (χ1) is 12.1. The fourth-order valence-electron chi connectivity index (χ4n) is 2.57. The molecule has 0 aliphatic carbocycles. The van der Waals surface area contributed by atoms with Gasteiger partial charge < -0.3 is 14.8 Å². The summed E-state index contributed by atoms with van der Waals surface area (Å²) in [5.74, 6) is 1.31. The van der Waals surface area contributed by atoms with Gasteiger partial charge in [-0.05, 0) is 55.2 Å². The normalized spacial score (nSPS) is 13.0. The number of benzene rings is 2. The minimum Gasteiger partial charge on any atom is -0.497 e. The predicted octanol–water partition coefficient (Wildman–Crippen LogP) is 4.29. The molecule has 0 aromatic heterocycles. The van der Waals surface area contributed by atoms with Crippen LogP contribution < -0.4 is 14.8 Å². The Morgan fingerprint density at radius 2 is 1.60 bits per heavy atom. The van der Waals surface area contributed by atoms with E-state index in [-0.39, 0.29) is 11.9 Å². The van der Waals surface area contributed by atoms with Gasteiger partial charge in [-0.25, -0.2) is 0 Å². The molecule has 0 fully saturated rings. The van der Waals surface area contributed by atoms with E-state index in [1.165, 1.54) is 5.56 Å². The van der Waals surface area contributed by atoms with E-state index in [1.807, 2.05) is 38.1 Å². The molecule has 4 heteroatoms. The second-order valence-electron chi connectivity index (χ2n) is 6.02. The molecule has 0 aliphatic heterocycles. The molecule has 0 saturated heterocycles. The maximum absolute atomic E-state index is 12.5. The number of ether oxygens (including phenoxy) is 2. The highest BCUT2D eigenvalue weighted by atomic mass is 16.5. The van der Waals surface area contributed by atoms with Crippen molar-refractivity contribution in [3.8, 4) is 11.5 Å². The first-order valence-corrected chi connectivity index (χ1v) is 8.77. The van der Waals surface area contributed by atoms with Gasteiger partial charge in [0.1, 0.15) is 11.5 Å². The van der Waals surface area contributed by atoms with Crippen LogP contribution in [0.2, 0.25) is 0 Å². The van der Waals surface area contributed by atoms with Crippen LogP contribution in [0, 0.1) is 0 Å². The summed E-state index contributed by atoms with van der Waals surface area (Å²) < 4.78 is 11.0. The van der Waals surface area contributed by atoms with Crippen molar-refractivity contribution in [2.75, 3.05) is 7.11 Å². The third-order valence-corrected chi connectivity index (χ3v) is 4.25. The number of nitrogens with one attached hydrogen (secondary N) is 1. The van der Waals surface area contributed by atoms with E-state index in [4.69, 9.17) is 9.47 Å². The lowest BCUT2D eigenvalue weighted by molar-refractivity contribution is -0.128. The van der Waals surface area contributed by atoms with Gasteiger partial charge in [0.15, 0.2) is 6.10 Å². The Balaban J connectivity index is 1.97. The molecule has 0 bridgehead atoms. The van der Waals surface area contributed by atoms with E-state index in [2.05, 4.69) is 36.5 Å². The molecular weight excluding hydrogens is 314 g/mol. The van der Waals surface area contributed by atoms with Crippen molar-refractivity contribution in [3.05, 3.63) is 59.7 Å². The summed E-state index contributed by atoms with van der Waals surface area (Å²) in [4.78, 5) is 12.5. The fourth-order valence-corrected chi connectivity index (χ4v) is 2.57. The van der Waals surface area contributed by atoms with Gasteiger partial charge in [0, 0.05) is 0 Å². The van der Waals surface area contributed by atoms with Crippen molar-refractivity contribution in [2.45, 2.75) is 45.8 Å². The summed E-state index contributed by atoms with van der Waals surface area (Å²) in [6.45, 7) is 6.05. The molecule has 2 aromatic rings. The summed E-state index contributed by atoms with van der Waals surface area (Å²) in [6, 6.07) is 15.5. The summed E-state index contributed by atoms with van der Waals surface area (Å²) in [5, 5.41) is 3.04. The summed E-state index contributed by atoms with van der Waals surface area (Å²) in [7, 11) is 1.62. The number of carbonyl (C=O) groups excluding carboxylic acids is 1. The molecular formula is C21H27NO3. The van der Waals surface area contributed by atoms with E-state index in [1.54, 1.807) is 7.11 Å². The molecule has 0 saturated carbocycles. The molecule has 4 nitrogen and oxygen atoms in total. The molecule has 0 heterocycles. The molecule has 0 spiro atoms. The quantitative estimate of drug-likeness (QED) is 0.779. The van der Waals surface area contributed by atoms with Gasteiger partial charge in [0.25, 0.3) is 5.91 Å². The minimum atomic E-state index is -0.522. The van der Waals surface area contributed by atoms with Crippen molar-refractivity contribution < 1.29 is 14.3 Å². The molecule has 0 aliphatic rings. The highest BCUT2D eigenvalue weighted by Gasteiger charge is 2.20. The Kier molecular flexibility index (Phi) is 6.87. The van der Waals surface area contributed by atoms with Crippen LogP contribution in [0.15, 0.2) is 48.5 Å². The number of aryl methyl sites for hydroxylation is 1. The largest absolute Gasteiger partial charge is 0.497 e. The first-order valence-electron chi connectivity index (χ1n) is 8.77. The van der Waals surface area contributed by atoms with Crippen LogP contribution in [0.3, 0.4) is 0 Å². The molecule has 2 rings (SSSR count). The third-order valence-electron chi connectivity index (χ3n) is 4.25. The summed E-state index contributed by atoms with van der Waals surface area (Å²) in [5.41, 5.74) is 2.38. The molecule has 0 radical (unpaired) electrons. The molecule has 0 unspecified atom stereocenters. The highest BCUT2D eigenvalue weighted by molar-refractivity contribution is 5.81. The molecule has 2 atom stereocenters. The predicted molar refractivity (Wildman–Crippen MR) is 100 cm³/mol. The third kappa shape index (κ3) is 5.24. The van der Waals surface area contributed by atoms with E-state index >= 15 is 0 Å². The second kappa shape index (κ2) is 9.11. The lowest BCUT2D eigenvalue weighted by Crippen LogP contribution is -2.39. The molecule has 2 aromatic carbocycles. The number of rotatable bonds is 8. The van der Waals surface area contributed by atoms with E-state index in [0.29, 0.717) is 12.2 Å². The van der Waals surface area contributed by atoms with Crippen molar-refractivity contribution in [1.29, 1.82) is 0 Å². The second-order valence-corrected chi connectivity index (χ2v) is 6.02. The van der Waals surface area contributed by atoms with Gasteiger partial charge in [0.2, 0.25) is 0 Å². The lowest BCUT2D eigenvalue weighted by Gasteiger charge is -2.21. The van der Waals surface area contributed by atoms with Crippen molar-refractivity contribution in [2.24, 2.45) is 0 Å². The standard InChI is InChI=1S/C21H27NO3/c1-5-16-7-9-17(10-8-16)15(3)22-21(23)20(6-2)25-19-13-11-18(24-4)12-14-19/h7-15,20H,5-6H2,1-4H3,(H,22,23)/t15-,20+/m1/s1. The van der Waals surface area contributed by atoms with Crippen molar-refractivity contribution in [1.82, 2.24) is 5.32 Å². The zero-order valence-corrected chi connectivity index (χ0v) is 15.4. The van der Waals surface area contributed by atoms with Gasteiger partial charge in [-0.2, -0.15) is 0 Å². The molecule has 1 N–H and O–H groups in total. The minimum absolute atomic E-state index is 0.0630. The Bertz CT molecular complexity index is 665. The maximum atomic E-state index is 12.5.